The number of rotatable bonds is 6. The van der Waals surface area contributed by atoms with Crippen molar-refractivity contribution in [2.75, 3.05) is 0 Å². The van der Waals surface area contributed by atoms with E-state index in [9.17, 15) is 14.4 Å². The fraction of sp³-hybridized carbons (Fsp3) is 0.222. The Morgan fingerprint density at radius 1 is 0.944 bits per heavy atom. The zero-order valence-corrected chi connectivity index (χ0v) is 19.4. The van der Waals surface area contributed by atoms with Crippen LogP contribution in [-0.2, 0) is 29.3 Å². The first-order valence-corrected chi connectivity index (χ1v) is 11.8. The molecule has 0 radical (unpaired) electrons. The van der Waals surface area contributed by atoms with E-state index in [0.29, 0.717) is 30.9 Å². The highest BCUT2D eigenvalue weighted by atomic mass is 16.5. The van der Waals surface area contributed by atoms with Gasteiger partial charge in [-0.05, 0) is 41.8 Å². The van der Waals surface area contributed by atoms with Crippen molar-refractivity contribution >= 4 is 28.8 Å². The number of hydrogen-bond donors (Lipinski definition) is 1. The van der Waals surface area contributed by atoms with E-state index < -0.39 is 11.9 Å². The van der Waals surface area contributed by atoms with Crippen LogP contribution in [0, 0.1) is 0 Å². The summed E-state index contributed by atoms with van der Waals surface area (Å²) in [7, 11) is 0. The highest BCUT2D eigenvalue weighted by Gasteiger charge is 2.40. The number of para-hydroxylation sites is 1. The number of nitrogens with zero attached hydrogens (tertiary/aromatic N) is 4. The Morgan fingerprint density at radius 3 is 2.58 bits per heavy atom. The molecule has 3 aromatic carbocycles. The second-order valence-electron chi connectivity index (χ2n) is 9.02. The van der Waals surface area contributed by atoms with Crippen LogP contribution in [0.15, 0.2) is 66.7 Å². The summed E-state index contributed by atoms with van der Waals surface area (Å²) in [4.78, 5) is 38.3. The van der Waals surface area contributed by atoms with Crippen LogP contribution < -0.4 is 10.1 Å². The number of hydrogen-bond acceptors (Lipinski definition) is 6. The fourth-order valence-electron chi connectivity index (χ4n) is 4.80. The second-order valence-corrected chi connectivity index (χ2v) is 9.02. The van der Waals surface area contributed by atoms with E-state index in [4.69, 9.17) is 4.74 Å². The molecule has 1 saturated heterocycles. The number of piperidine rings is 1. The number of amides is 3. The lowest BCUT2D eigenvalue weighted by molar-refractivity contribution is -0.136. The van der Waals surface area contributed by atoms with Crippen LogP contribution in [0.4, 0.5) is 0 Å². The SMILES string of the molecule is O=C1CCC(N2Cc3c(OCc4ccc(Cn5nnc6ccccc65)cc4)cccc3C2=O)C(=O)N1. The number of ether oxygens (including phenoxy) is 1. The summed E-state index contributed by atoms with van der Waals surface area (Å²) in [5, 5.41) is 10.8. The van der Waals surface area contributed by atoms with Crippen molar-refractivity contribution in [1.29, 1.82) is 0 Å². The molecule has 9 heteroatoms. The van der Waals surface area contributed by atoms with E-state index in [1.807, 2.05) is 59.3 Å². The Morgan fingerprint density at radius 2 is 1.75 bits per heavy atom. The molecule has 3 heterocycles. The van der Waals surface area contributed by atoms with Crippen molar-refractivity contribution in [3.63, 3.8) is 0 Å². The maximum absolute atomic E-state index is 13.0. The highest BCUT2D eigenvalue weighted by Crippen LogP contribution is 2.34. The van der Waals surface area contributed by atoms with E-state index in [-0.39, 0.29) is 24.8 Å². The lowest BCUT2D eigenvalue weighted by atomic mass is 10.0. The average molecular weight is 482 g/mol. The molecule has 1 N–H and O–H groups in total. The molecule has 180 valence electrons. The Kier molecular flexibility index (Phi) is 5.44. The Balaban J connectivity index is 1.13. The third kappa shape index (κ3) is 3.98. The van der Waals surface area contributed by atoms with E-state index in [1.165, 1.54) is 4.90 Å². The van der Waals surface area contributed by atoms with Crippen LogP contribution in [0.25, 0.3) is 11.0 Å². The Labute approximate surface area is 206 Å². The number of carbonyl (C=O) groups is 3. The normalized spacial score (nSPS) is 17.4. The number of benzene rings is 3. The quantitative estimate of drug-likeness (QED) is 0.425. The van der Waals surface area contributed by atoms with E-state index >= 15 is 0 Å². The number of imide groups is 1. The van der Waals surface area contributed by atoms with Crippen LogP contribution in [-0.4, -0.2) is 43.7 Å². The Hall–Kier alpha value is -4.53. The van der Waals surface area contributed by atoms with Crippen molar-refractivity contribution in [2.45, 2.75) is 38.6 Å². The lowest BCUT2D eigenvalue weighted by Gasteiger charge is -2.29. The summed E-state index contributed by atoms with van der Waals surface area (Å²) in [5.41, 5.74) is 5.25. The van der Waals surface area contributed by atoms with Gasteiger partial charge < -0.3 is 9.64 Å². The largest absolute Gasteiger partial charge is 0.489 e. The predicted octanol–water partition coefficient (Wildman–Crippen LogP) is 2.82. The van der Waals surface area contributed by atoms with E-state index in [1.54, 1.807) is 12.1 Å². The van der Waals surface area contributed by atoms with Gasteiger partial charge in [-0.2, -0.15) is 0 Å². The van der Waals surface area contributed by atoms with Crippen molar-refractivity contribution in [1.82, 2.24) is 25.2 Å². The van der Waals surface area contributed by atoms with Crippen molar-refractivity contribution in [2.24, 2.45) is 0 Å². The molecule has 1 aromatic heterocycles. The number of aromatic nitrogens is 3. The van der Waals surface area contributed by atoms with Gasteiger partial charge in [0.25, 0.3) is 5.91 Å². The molecule has 1 unspecified atom stereocenters. The van der Waals surface area contributed by atoms with Gasteiger partial charge in [0, 0.05) is 17.5 Å². The zero-order chi connectivity index (χ0) is 24.6. The van der Waals surface area contributed by atoms with E-state index in [0.717, 1.165) is 27.7 Å². The smallest absolute Gasteiger partial charge is 0.255 e. The standard InChI is InChI=1S/C27H23N5O4/c33-25-13-12-23(26(34)28-25)31-15-20-19(27(31)35)4-3-7-24(20)36-16-18-10-8-17(9-11-18)14-32-22-6-2-1-5-21(22)29-30-32/h1-11,23H,12-16H2,(H,28,33,34). The molecule has 1 atom stereocenters. The summed E-state index contributed by atoms with van der Waals surface area (Å²) in [6.07, 6.45) is 0.556. The lowest BCUT2D eigenvalue weighted by Crippen LogP contribution is -2.52. The molecule has 9 nitrogen and oxygen atoms in total. The summed E-state index contributed by atoms with van der Waals surface area (Å²) in [5.74, 6) is -0.317. The third-order valence-electron chi connectivity index (χ3n) is 6.71. The minimum absolute atomic E-state index is 0.213. The van der Waals surface area contributed by atoms with Crippen LogP contribution in [0.5, 0.6) is 5.75 Å². The van der Waals surface area contributed by atoms with Crippen molar-refractivity contribution < 1.29 is 19.1 Å². The van der Waals surface area contributed by atoms with Crippen molar-refractivity contribution in [3.8, 4) is 5.75 Å². The number of carbonyl (C=O) groups excluding carboxylic acids is 3. The van der Waals surface area contributed by atoms with Crippen molar-refractivity contribution in [3.05, 3.63) is 89.0 Å². The molecular formula is C27H23N5O4. The first-order valence-electron chi connectivity index (χ1n) is 11.8. The molecular weight excluding hydrogens is 458 g/mol. The summed E-state index contributed by atoms with van der Waals surface area (Å²) in [6.45, 7) is 1.24. The van der Waals surface area contributed by atoms with Gasteiger partial charge in [-0.15, -0.1) is 5.10 Å². The zero-order valence-electron chi connectivity index (χ0n) is 19.4. The van der Waals surface area contributed by atoms with Gasteiger partial charge in [0.05, 0.1) is 18.6 Å². The topological polar surface area (TPSA) is 106 Å². The van der Waals surface area contributed by atoms with Gasteiger partial charge in [0.2, 0.25) is 11.8 Å². The van der Waals surface area contributed by atoms with Crippen LogP contribution in [0.3, 0.4) is 0 Å². The molecule has 0 spiro atoms. The van der Waals surface area contributed by atoms with Gasteiger partial charge >= 0.3 is 0 Å². The minimum Gasteiger partial charge on any atom is -0.489 e. The monoisotopic (exact) mass is 481 g/mol. The molecule has 3 amide bonds. The van der Waals surface area contributed by atoms with Crippen LogP contribution in [0.2, 0.25) is 0 Å². The first kappa shape index (κ1) is 22.0. The predicted molar refractivity (Wildman–Crippen MR) is 130 cm³/mol. The fourth-order valence-corrected chi connectivity index (χ4v) is 4.80. The molecule has 1 fully saturated rings. The molecule has 2 aliphatic heterocycles. The maximum atomic E-state index is 13.0. The van der Waals surface area contributed by atoms with E-state index in [2.05, 4.69) is 15.6 Å². The first-order chi connectivity index (χ1) is 17.6. The van der Waals surface area contributed by atoms with Gasteiger partial charge in [-0.1, -0.05) is 47.7 Å². The van der Waals surface area contributed by atoms with Gasteiger partial charge in [-0.3, -0.25) is 19.7 Å². The summed E-state index contributed by atoms with van der Waals surface area (Å²) in [6, 6.07) is 20.7. The third-order valence-corrected chi connectivity index (χ3v) is 6.71. The summed E-state index contributed by atoms with van der Waals surface area (Å²) >= 11 is 0. The number of nitrogens with one attached hydrogen (secondary N) is 1. The molecule has 0 saturated carbocycles. The van der Waals surface area contributed by atoms with Crippen LogP contribution >= 0.6 is 0 Å². The molecule has 6 rings (SSSR count). The van der Waals surface area contributed by atoms with Crippen LogP contribution in [0.1, 0.15) is 39.9 Å². The summed E-state index contributed by atoms with van der Waals surface area (Å²) < 4.78 is 7.98. The minimum atomic E-state index is -0.648. The second kappa shape index (κ2) is 8.92. The molecule has 0 bridgehead atoms. The molecule has 2 aliphatic rings. The Bertz CT molecular complexity index is 1490. The molecule has 0 aliphatic carbocycles. The van der Waals surface area contributed by atoms with Gasteiger partial charge in [0.15, 0.2) is 0 Å². The molecule has 36 heavy (non-hydrogen) atoms. The highest BCUT2D eigenvalue weighted by molar-refractivity contribution is 6.05. The van der Waals surface area contributed by atoms with Gasteiger partial charge in [0.1, 0.15) is 23.9 Å². The molecule has 4 aromatic rings. The number of fused-ring (bicyclic) bond motifs is 2. The average Bonchev–Trinajstić information content (AvgIpc) is 3.45. The maximum Gasteiger partial charge on any atom is 0.255 e. The van der Waals surface area contributed by atoms with Gasteiger partial charge in [-0.25, -0.2) is 4.68 Å².